The summed E-state index contributed by atoms with van der Waals surface area (Å²) in [7, 11) is 0. The molecule has 2 aliphatic carbocycles. The number of halogens is 2. The van der Waals surface area contributed by atoms with Crippen LogP contribution >= 0.6 is 0 Å². The number of hydrogen-bond acceptors (Lipinski definition) is 5. The lowest BCUT2D eigenvalue weighted by Crippen LogP contribution is -2.46. The summed E-state index contributed by atoms with van der Waals surface area (Å²) in [6.45, 7) is 5.10. The Kier molecular flexibility index (Phi) is 4.00. The number of aliphatic hydroxyl groups is 1. The number of hydrogen-bond donors (Lipinski definition) is 3. The van der Waals surface area contributed by atoms with E-state index in [9.17, 15) is 13.9 Å². The minimum absolute atomic E-state index is 0.0702. The number of aromatic amines is 1. The van der Waals surface area contributed by atoms with Gasteiger partial charge in [-0.15, -0.1) is 0 Å². The largest absolute Gasteiger partial charge is 0.375 e. The lowest BCUT2D eigenvalue weighted by Gasteiger charge is -2.35. The van der Waals surface area contributed by atoms with Crippen molar-refractivity contribution in [1.29, 1.82) is 0 Å². The van der Waals surface area contributed by atoms with Crippen LogP contribution in [0, 0.1) is 5.92 Å². The average Bonchev–Trinajstić information content (AvgIpc) is 3.15. The van der Waals surface area contributed by atoms with Crippen molar-refractivity contribution in [3.05, 3.63) is 30.7 Å². The standard InChI is InChI=1S/C20H25F2N5O/c1-2-15(28)27-8-4-5-12(10-27)26-18-16-13(9-23-17(16)24-11-25-18)19-7-3-6-14(19)20(19,21)22/h2,9,11-12,14-15,28H,1,3-8,10H2,(H2,23,24,25,26)/t12-,14-,15?,19-/m1/s1. The van der Waals surface area contributed by atoms with Gasteiger partial charge in [0, 0.05) is 31.2 Å². The number of H-pyrrole nitrogens is 1. The quantitative estimate of drug-likeness (QED) is 0.686. The predicted octanol–water partition coefficient (Wildman–Crippen LogP) is 3.03. The van der Waals surface area contributed by atoms with E-state index in [2.05, 4.69) is 26.8 Å². The van der Waals surface area contributed by atoms with Crippen LogP contribution in [0.25, 0.3) is 11.0 Å². The van der Waals surface area contributed by atoms with Crippen LogP contribution in [0.2, 0.25) is 0 Å². The van der Waals surface area contributed by atoms with Crippen molar-refractivity contribution in [2.24, 2.45) is 5.92 Å². The minimum Gasteiger partial charge on any atom is -0.375 e. The van der Waals surface area contributed by atoms with Crippen LogP contribution in [0.1, 0.15) is 37.7 Å². The first-order valence-electron chi connectivity index (χ1n) is 10.0. The molecule has 3 heterocycles. The molecule has 1 saturated heterocycles. The van der Waals surface area contributed by atoms with Crippen molar-refractivity contribution in [2.45, 2.75) is 55.7 Å². The zero-order chi connectivity index (χ0) is 19.5. The lowest BCUT2D eigenvalue weighted by molar-refractivity contribution is 0.0251. The molecule has 5 rings (SSSR count). The topological polar surface area (TPSA) is 77.1 Å². The summed E-state index contributed by atoms with van der Waals surface area (Å²) in [5, 5.41) is 14.2. The number of aromatic nitrogens is 3. The molecule has 0 spiro atoms. The fourth-order valence-electron chi connectivity index (χ4n) is 5.52. The number of fused-ring (bicyclic) bond motifs is 2. The summed E-state index contributed by atoms with van der Waals surface area (Å²) in [6, 6.07) is 0.0702. The van der Waals surface area contributed by atoms with Crippen LogP contribution in [0.15, 0.2) is 25.2 Å². The number of piperidine rings is 1. The SMILES string of the molecule is C=CC(O)N1CCC[C@@H](Nc2ncnc3[nH]cc([C@]45CCC[C@H]4C5(F)F)c23)C1. The number of nitrogens with zero attached hydrogens (tertiary/aromatic N) is 3. The molecule has 2 aromatic rings. The molecule has 8 heteroatoms. The van der Waals surface area contributed by atoms with E-state index in [-0.39, 0.29) is 6.04 Å². The molecule has 2 saturated carbocycles. The van der Waals surface area contributed by atoms with Crippen molar-refractivity contribution >= 4 is 16.9 Å². The molecule has 0 radical (unpaired) electrons. The molecule has 2 aromatic heterocycles. The molecule has 28 heavy (non-hydrogen) atoms. The van der Waals surface area contributed by atoms with Gasteiger partial charge in [0.15, 0.2) is 0 Å². The zero-order valence-corrected chi connectivity index (χ0v) is 15.7. The van der Waals surface area contributed by atoms with Crippen molar-refractivity contribution in [3.63, 3.8) is 0 Å². The van der Waals surface area contributed by atoms with E-state index >= 15 is 0 Å². The summed E-state index contributed by atoms with van der Waals surface area (Å²) in [5.74, 6) is -2.62. The van der Waals surface area contributed by atoms with Gasteiger partial charge in [0.2, 0.25) is 0 Å². The first-order chi connectivity index (χ1) is 13.5. The Morgan fingerprint density at radius 1 is 1.36 bits per heavy atom. The number of alkyl halides is 2. The van der Waals surface area contributed by atoms with Gasteiger partial charge in [-0.1, -0.05) is 13.0 Å². The number of aliphatic hydroxyl groups excluding tert-OH is 1. The molecule has 0 bridgehead atoms. The van der Waals surface area contributed by atoms with Gasteiger partial charge in [-0.25, -0.2) is 18.7 Å². The lowest BCUT2D eigenvalue weighted by atomic mass is 9.92. The Hall–Kier alpha value is -2.06. The second-order valence-electron chi connectivity index (χ2n) is 8.32. The van der Waals surface area contributed by atoms with E-state index in [1.165, 1.54) is 12.4 Å². The third-order valence-electron chi connectivity index (χ3n) is 6.94. The molecule has 0 aromatic carbocycles. The Morgan fingerprint density at radius 2 is 2.21 bits per heavy atom. The van der Waals surface area contributed by atoms with Gasteiger partial charge in [-0.2, -0.15) is 0 Å². The van der Waals surface area contributed by atoms with Gasteiger partial charge in [0.25, 0.3) is 5.92 Å². The monoisotopic (exact) mass is 389 g/mol. The molecule has 6 nitrogen and oxygen atoms in total. The first-order valence-corrected chi connectivity index (χ1v) is 10.0. The highest BCUT2D eigenvalue weighted by atomic mass is 19.3. The van der Waals surface area contributed by atoms with Crippen molar-refractivity contribution in [1.82, 2.24) is 19.9 Å². The smallest absolute Gasteiger partial charge is 0.262 e. The van der Waals surface area contributed by atoms with Gasteiger partial charge >= 0.3 is 0 Å². The third-order valence-corrected chi connectivity index (χ3v) is 6.94. The van der Waals surface area contributed by atoms with Crippen LogP contribution in [-0.2, 0) is 5.41 Å². The molecule has 0 amide bonds. The maximum absolute atomic E-state index is 14.6. The van der Waals surface area contributed by atoms with E-state index in [1.807, 2.05) is 4.90 Å². The molecule has 3 fully saturated rings. The summed E-state index contributed by atoms with van der Waals surface area (Å²) < 4.78 is 29.3. The van der Waals surface area contributed by atoms with Gasteiger partial charge in [-0.3, -0.25) is 4.90 Å². The Labute approximate surface area is 162 Å². The van der Waals surface area contributed by atoms with Gasteiger partial charge in [-0.05, 0) is 37.3 Å². The second kappa shape index (κ2) is 6.22. The highest BCUT2D eigenvalue weighted by molar-refractivity contribution is 5.92. The molecular formula is C20H25F2N5O. The molecule has 1 aliphatic heterocycles. The van der Waals surface area contributed by atoms with Crippen molar-refractivity contribution in [2.75, 3.05) is 18.4 Å². The molecule has 1 unspecified atom stereocenters. The normalized spacial score (nSPS) is 32.8. The number of rotatable bonds is 5. The van der Waals surface area contributed by atoms with E-state index in [0.717, 1.165) is 25.8 Å². The molecule has 4 atom stereocenters. The Bertz CT molecular complexity index is 915. The summed E-state index contributed by atoms with van der Waals surface area (Å²) in [6.07, 6.45) is 7.78. The minimum atomic E-state index is -2.65. The van der Waals surface area contributed by atoms with Gasteiger partial charge in [0.05, 0.1) is 10.8 Å². The van der Waals surface area contributed by atoms with E-state index < -0.39 is 23.5 Å². The highest BCUT2D eigenvalue weighted by Crippen LogP contribution is 2.75. The first kappa shape index (κ1) is 18.0. The van der Waals surface area contributed by atoms with Crippen molar-refractivity contribution in [3.8, 4) is 0 Å². The molecule has 3 aliphatic rings. The summed E-state index contributed by atoms with van der Waals surface area (Å²) in [4.78, 5) is 13.7. The fourth-order valence-corrected chi connectivity index (χ4v) is 5.52. The maximum atomic E-state index is 14.6. The van der Waals surface area contributed by atoms with E-state index in [0.29, 0.717) is 41.8 Å². The second-order valence-corrected chi connectivity index (χ2v) is 8.32. The highest BCUT2D eigenvalue weighted by Gasteiger charge is 2.82. The van der Waals surface area contributed by atoms with Crippen LogP contribution in [-0.4, -0.2) is 56.2 Å². The summed E-state index contributed by atoms with van der Waals surface area (Å²) in [5.41, 5.74) is 0.176. The van der Waals surface area contributed by atoms with Crippen LogP contribution in [0.4, 0.5) is 14.6 Å². The van der Waals surface area contributed by atoms with Gasteiger partial charge in [0.1, 0.15) is 24.0 Å². The van der Waals surface area contributed by atoms with Gasteiger partial charge < -0.3 is 15.4 Å². The van der Waals surface area contributed by atoms with Crippen LogP contribution < -0.4 is 5.32 Å². The fraction of sp³-hybridized carbons (Fsp3) is 0.600. The third kappa shape index (κ3) is 2.37. The van der Waals surface area contributed by atoms with Crippen LogP contribution in [0.3, 0.4) is 0 Å². The maximum Gasteiger partial charge on any atom is 0.262 e. The average molecular weight is 389 g/mol. The number of nitrogens with one attached hydrogen (secondary N) is 2. The Balaban J connectivity index is 1.48. The molecule has 3 N–H and O–H groups in total. The Morgan fingerprint density at radius 3 is 2.96 bits per heavy atom. The number of likely N-dealkylation sites (tertiary alicyclic amines) is 1. The zero-order valence-electron chi connectivity index (χ0n) is 15.7. The van der Waals surface area contributed by atoms with E-state index in [1.54, 1.807) is 6.20 Å². The predicted molar refractivity (Wildman–Crippen MR) is 102 cm³/mol. The molecular weight excluding hydrogens is 364 g/mol. The summed E-state index contributed by atoms with van der Waals surface area (Å²) >= 11 is 0. The molecule has 150 valence electrons. The van der Waals surface area contributed by atoms with Crippen LogP contribution in [0.5, 0.6) is 0 Å². The van der Waals surface area contributed by atoms with E-state index in [4.69, 9.17) is 0 Å². The van der Waals surface area contributed by atoms with Crippen molar-refractivity contribution < 1.29 is 13.9 Å². The number of anilines is 1.